The Kier molecular flexibility index (Phi) is 10.3. The number of hydrogen-bond acceptors (Lipinski definition) is 7. The third-order valence-electron chi connectivity index (χ3n) is 2.75. The molecule has 0 amide bonds. The number of unbranched alkanes of at least 4 members (excludes halogenated alkanes) is 2. The highest BCUT2D eigenvalue weighted by Crippen LogP contribution is 2.03. The van der Waals surface area contributed by atoms with Crippen molar-refractivity contribution < 1.29 is 14.3 Å². The van der Waals surface area contributed by atoms with Crippen LogP contribution in [0.3, 0.4) is 0 Å². The van der Waals surface area contributed by atoms with Gasteiger partial charge >= 0.3 is 11.9 Å². The van der Waals surface area contributed by atoms with Crippen LogP contribution in [0.25, 0.3) is 0 Å². The van der Waals surface area contributed by atoms with Crippen LogP contribution in [-0.2, 0) is 14.3 Å². The topological polar surface area (TPSA) is 147 Å². The van der Waals surface area contributed by atoms with E-state index in [1.165, 1.54) is 0 Å². The van der Waals surface area contributed by atoms with E-state index in [0.29, 0.717) is 25.9 Å². The second kappa shape index (κ2) is 10.9. The summed E-state index contributed by atoms with van der Waals surface area (Å²) in [6.45, 7) is 1.10. The van der Waals surface area contributed by atoms with E-state index in [-0.39, 0.29) is 0 Å². The molecule has 0 aromatic rings. The van der Waals surface area contributed by atoms with Gasteiger partial charge in [-0.15, -0.1) is 0 Å². The van der Waals surface area contributed by atoms with Gasteiger partial charge < -0.3 is 27.7 Å². The maximum absolute atomic E-state index is 11.5. The molecule has 19 heavy (non-hydrogen) atoms. The van der Waals surface area contributed by atoms with Crippen LogP contribution in [0, 0.1) is 0 Å². The molecule has 2 atom stereocenters. The highest BCUT2D eigenvalue weighted by Gasteiger charge is 2.22. The maximum atomic E-state index is 11.5. The fourth-order valence-corrected chi connectivity index (χ4v) is 1.50. The second-order valence-corrected chi connectivity index (χ2v) is 4.52. The molecular weight excluding hydrogens is 248 g/mol. The minimum absolute atomic E-state index is 0.450. The van der Waals surface area contributed by atoms with Gasteiger partial charge in [-0.2, -0.15) is 0 Å². The standard InChI is InChI=1S/C12H26N4O3/c13-7-3-1-5-9(15)11(17)19-12(18)10(16)6-2-4-8-14/h9-10H,1-8,13-16H2/t9-,10-/m0/s1. The van der Waals surface area contributed by atoms with Crippen molar-refractivity contribution in [3.63, 3.8) is 0 Å². The zero-order chi connectivity index (χ0) is 14.7. The molecule has 0 unspecified atom stereocenters. The Balaban J connectivity index is 3.92. The summed E-state index contributed by atoms with van der Waals surface area (Å²) >= 11 is 0. The van der Waals surface area contributed by atoms with Gasteiger partial charge in [0.1, 0.15) is 12.1 Å². The van der Waals surface area contributed by atoms with E-state index < -0.39 is 24.0 Å². The zero-order valence-corrected chi connectivity index (χ0v) is 11.3. The van der Waals surface area contributed by atoms with E-state index in [9.17, 15) is 9.59 Å². The fourth-order valence-electron chi connectivity index (χ4n) is 1.50. The Labute approximate surface area is 114 Å². The van der Waals surface area contributed by atoms with E-state index in [0.717, 1.165) is 25.7 Å². The van der Waals surface area contributed by atoms with Gasteiger partial charge in [-0.3, -0.25) is 0 Å². The van der Waals surface area contributed by atoms with Crippen LogP contribution in [0.2, 0.25) is 0 Å². The Morgan fingerprint density at radius 1 is 0.789 bits per heavy atom. The molecule has 0 saturated carbocycles. The molecule has 0 heterocycles. The smallest absolute Gasteiger partial charge is 0.330 e. The number of rotatable bonds is 10. The Hall–Kier alpha value is -1.02. The minimum atomic E-state index is -0.799. The molecular formula is C12H26N4O3. The van der Waals surface area contributed by atoms with Crippen LogP contribution in [0.1, 0.15) is 38.5 Å². The first-order valence-corrected chi connectivity index (χ1v) is 6.69. The van der Waals surface area contributed by atoms with Crippen LogP contribution in [0.15, 0.2) is 0 Å². The van der Waals surface area contributed by atoms with Crippen molar-refractivity contribution >= 4 is 11.9 Å². The van der Waals surface area contributed by atoms with Crippen molar-refractivity contribution in [3.8, 4) is 0 Å². The van der Waals surface area contributed by atoms with Crippen LogP contribution in [0.5, 0.6) is 0 Å². The summed E-state index contributed by atoms with van der Waals surface area (Å²) in [7, 11) is 0. The summed E-state index contributed by atoms with van der Waals surface area (Å²) in [5, 5.41) is 0. The number of ether oxygens (including phenoxy) is 1. The molecule has 7 heteroatoms. The lowest BCUT2D eigenvalue weighted by molar-refractivity contribution is -0.161. The highest BCUT2D eigenvalue weighted by atomic mass is 16.6. The van der Waals surface area contributed by atoms with Gasteiger partial charge in [0.2, 0.25) is 0 Å². The molecule has 0 aliphatic carbocycles. The number of esters is 2. The Bertz CT molecular complexity index is 248. The van der Waals surface area contributed by atoms with Crippen LogP contribution in [-0.4, -0.2) is 37.1 Å². The lowest BCUT2D eigenvalue weighted by atomic mass is 10.1. The summed E-state index contributed by atoms with van der Waals surface area (Å²) in [6.07, 6.45) is 3.92. The predicted molar refractivity (Wildman–Crippen MR) is 72.9 cm³/mol. The molecule has 0 aromatic carbocycles. The third kappa shape index (κ3) is 8.66. The molecule has 0 aliphatic rings. The van der Waals surface area contributed by atoms with Crippen LogP contribution >= 0.6 is 0 Å². The fraction of sp³-hybridized carbons (Fsp3) is 0.833. The number of hydrogen-bond donors (Lipinski definition) is 4. The monoisotopic (exact) mass is 274 g/mol. The molecule has 0 aromatic heterocycles. The highest BCUT2D eigenvalue weighted by molar-refractivity contribution is 5.90. The third-order valence-corrected chi connectivity index (χ3v) is 2.75. The lowest BCUT2D eigenvalue weighted by Gasteiger charge is -2.13. The van der Waals surface area contributed by atoms with E-state index in [4.69, 9.17) is 22.9 Å². The SMILES string of the molecule is NCCCC[C@H](N)C(=O)OC(=O)[C@@H](N)CCCCN. The number of carbonyl (C=O) groups is 2. The van der Waals surface area contributed by atoms with E-state index >= 15 is 0 Å². The molecule has 8 N–H and O–H groups in total. The van der Waals surface area contributed by atoms with Gasteiger partial charge in [-0.25, -0.2) is 9.59 Å². The minimum Gasteiger partial charge on any atom is -0.391 e. The van der Waals surface area contributed by atoms with Crippen LogP contribution in [0.4, 0.5) is 0 Å². The van der Waals surface area contributed by atoms with Crippen molar-refractivity contribution in [2.75, 3.05) is 13.1 Å². The zero-order valence-electron chi connectivity index (χ0n) is 11.3. The number of carbonyl (C=O) groups excluding carboxylic acids is 2. The molecule has 0 rings (SSSR count). The van der Waals surface area contributed by atoms with Gasteiger partial charge in [0.05, 0.1) is 0 Å². The molecule has 7 nitrogen and oxygen atoms in total. The van der Waals surface area contributed by atoms with Gasteiger partial charge in [0.25, 0.3) is 0 Å². The van der Waals surface area contributed by atoms with Crippen molar-refractivity contribution in [1.29, 1.82) is 0 Å². The summed E-state index contributed by atoms with van der Waals surface area (Å²) in [6, 6.07) is -1.60. The average Bonchev–Trinajstić information content (AvgIpc) is 2.38. The number of nitrogens with two attached hydrogens (primary N) is 4. The summed E-state index contributed by atoms with van der Waals surface area (Å²) in [4.78, 5) is 23.0. The van der Waals surface area contributed by atoms with Gasteiger partial charge in [-0.1, -0.05) is 12.8 Å². The first-order valence-electron chi connectivity index (χ1n) is 6.69. The first kappa shape index (κ1) is 18.0. The summed E-state index contributed by atoms with van der Waals surface area (Å²) in [5.41, 5.74) is 21.9. The Morgan fingerprint density at radius 3 is 1.47 bits per heavy atom. The van der Waals surface area contributed by atoms with Crippen molar-refractivity contribution in [2.24, 2.45) is 22.9 Å². The van der Waals surface area contributed by atoms with Gasteiger partial charge in [-0.05, 0) is 38.8 Å². The van der Waals surface area contributed by atoms with E-state index in [1.807, 2.05) is 0 Å². The van der Waals surface area contributed by atoms with Crippen LogP contribution < -0.4 is 22.9 Å². The quantitative estimate of drug-likeness (QED) is 0.226. The normalized spacial score (nSPS) is 13.9. The first-order chi connectivity index (χ1) is 9.02. The Morgan fingerprint density at radius 2 is 1.16 bits per heavy atom. The van der Waals surface area contributed by atoms with E-state index in [1.54, 1.807) is 0 Å². The molecule has 112 valence electrons. The van der Waals surface area contributed by atoms with Crippen molar-refractivity contribution in [2.45, 2.75) is 50.6 Å². The average molecular weight is 274 g/mol. The van der Waals surface area contributed by atoms with Crippen molar-refractivity contribution in [1.82, 2.24) is 0 Å². The summed E-state index contributed by atoms with van der Waals surface area (Å²) < 4.78 is 4.64. The second-order valence-electron chi connectivity index (χ2n) is 4.52. The predicted octanol–water partition coefficient (Wildman–Crippen LogP) is -1.03. The molecule has 0 radical (unpaired) electrons. The van der Waals surface area contributed by atoms with E-state index in [2.05, 4.69) is 4.74 Å². The van der Waals surface area contributed by atoms with Crippen molar-refractivity contribution in [3.05, 3.63) is 0 Å². The lowest BCUT2D eigenvalue weighted by Crippen LogP contribution is -2.39. The van der Waals surface area contributed by atoms with Gasteiger partial charge in [0, 0.05) is 0 Å². The summed E-state index contributed by atoms with van der Waals surface area (Å²) in [5.74, 6) is -1.45. The molecule has 0 bridgehead atoms. The molecule has 0 spiro atoms. The largest absolute Gasteiger partial charge is 0.391 e. The molecule has 0 fully saturated rings. The molecule has 0 aliphatic heterocycles. The molecule has 0 saturated heterocycles. The maximum Gasteiger partial charge on any atom is 0.330 e. The van der Waals surface area contributed by atoms with Gasteiger partial charge in [0.15, 0.2) is 0 Å².